The first kappa shape index (κ1) is 13.3. The van der Waals surface area contributed by atoms with E-state index in [1.807, 2.05) is 0 Å². The molecule has 0 radical (unpaired) electrons. The summed E-state index contributed by atoms with van der Waals surface area (Å²) in [6.07, 6.45) is -5.60. The van der Waals surface area contributed by atoms with Gasteiger partial charge in [-0.15, -0.1) is 0 Å². The van der Waals surface area contributed by atoms with Crippen LogP contribution < -0.4 is 0 Å². The fourth-order valence-corrected chi connectivity index (χ4v) is 0.814. The van der Waals surface area contributed by atoms with Crippen molar-refractivity contribution in [3.05, 3.63) is 0 Å². The summed E-state index contributed by atoms with van der Waals surface area (Å²) in [5, 5.41) is 36.4. The zero-order valence-corrected chi connectivity index (χ0v) is 8.12. The second-order valence-electron chi connectivity index (χ2n) is 3.09. The Morgan fingerprint density at radius 1 is 1.21 bits per heavy atom. The minimum atomic E-state index is -1.55. The lowest BCUT2D eigenvalue weighted by Gasteiger charge is -2.24. The highest BCUT2D eigenvalue weighted by atomic mass is 16.5. The first-order valence-corrected chi connectivity index (χ1v) is 4.22. The zero-order chi connectivity index (χ0) is 11.3. The molecule has 0 unspecified atom stereocenters. The Morgan fingerprint density at radius 2 is 1.71 bits per heavy atom. The van der Waals surface area contributed by atoms with E-state index < -0.39 is 37.0 Å². The number of hydrogen-bond acceptors (Lipinski definition) is 6. The van der Waals surface area contributed by atoms with Crippen molar-refractivity contribution in [3.8, 4) is 0 Å². The van der Waals surface area contributed by atoms with Crippen LogP contribution in [0, 0.1) is 0 Å². The highest BCUT2D eigenvalue weighted by molar-refractivity contribution is 5.65. The lowest BCUT2D eigenvalue weighted by Crippen LogP contribution is -2.45. The smallest absolute Gasteiger partial charge is 0.302 e. The predicted octanol–water partition coefficient (Wildman–Crippen LogP) is -1.99. The molecule has 0 aromatic carbocycles. The number of hydrogen-bond donors (Lipinski definition) is 4. The van der Waals surface area contributed by atoms with Gasteiger partial charge in [0, 0.05) is 6.92 Å². The van der Waals surface area contributed by atoms with Gasteiger partial charge in [0.2, 0.25) is 0 Å². The van der Waals surface area contributed by atoms with Crippen LogP contribution in [0.3, 0.4) is 0 Å². The maximum absolute atomic E-state index is 10.3. The van der Waals surface area contributed by atoms with Crippen LogP contribution in [-0.4, -0.2) is 57.4 Å². The van der Waals surface area contributed by atoms with Gasteiger partial charge < -0.3 is 25.2 Å². The van der Waals surface area contributed by atoms with Gasteiger partial charge in [-0.3, -0.25) is 4.79 Å². The zero-order valence-electron chi connectivity index (χ0n) is 8.12. The Morgan fingerprint density at radius 3 is 2.07 bits per heavy atom. The maximum atomic E-state index is 10.3. The second-order valence-corrected chi connectivity index (χ2v) is 3.09. The van der Waals surface area contributed by atoms with Crippen molar-refractivity contribution in [3.63, 3.8) is 0 Å². The molecule has 6 nitrogen and oxygen atoms in total. The molecule has 4 N–H and O–H groups in total. The van der Waals surface area contributed by atoms with Gasteiger partial charge in [0.05, 0.1) is 6.10 Å². The summed E-state index contributed by atoms with van der Waals surface area (Å²) in [4.78, 5) is 10.3. The van der Waals surface area contributed by atoms with Crippen molar-refractivity contribution in [2.24, 2.45) is 0 Å². The normalized spacial score (nSPS) is 19.6. The molecule has 0 saturated heterocycles. The summed E-state index contributed by atoms with van der Waals surface area (Å²) in [7, 11) is 0. The van der Waals surface area contributed by atoms with E-state index in [1.54, 1.807) is 0 Å². The Bertz CT molecular complexity index is 181. The minimum Gasteiger partial charge on any atom is -0.463 e. The molecule has 0 spiro atoms. The van der Waals surface area contributed by atoms with Crippen LogP contribution in [0.4, 0.5) is 0 Å². The van der Waals surface area contributed by atoms with Crippen molar-refractivity contribution in [1.29, 1.82) is 0 Å². The van der Waals surface area contributed by atoms with Crippen LogP contribution in [0.1, 0.15) is 13.8 Å². The van der Waals surface area contributed by atoms with Crippen LogP contribution in [0.5, 0.6) is 0 Å². The third-order valence-electron chi connectivity index (χ3n) is 1.70. The summed E-state index contributed by atoms with van der Waals surface area (Å²) in [5.74, 6) is -0.595. The van der Waals surface area contributed by atoms with Crippen LogP contribution in [-0.2, 0) is 9.53 Å². The SMILES string of the molecule is CC(=O)OC[C@@H](O)[C@H](O)[C@H](O)[C@H](C)O. The van der Waals surface area contributed by atoms with Crippen molar-refractivity contribution in [1.82, 2.24) is 0 Å². The van der Waals surface area contributed by atoms with Gasteiger partial charge in [-0.1, -0.05) is 0 Å². The standard InChI is InChI=1S/C8H16O6/c1-4(9)7(12)8(13)6(11)3-14-5(2)10/h4,6-9,11-13H,3H2,1-2H3/t4-,6+,7+,8-/m0/s1. The quantitative estimate of drug-likeness (QED) is 0.390. The Balaban J connectivity index is 3.98. The molecule has 0 aliphatic rings. The van der Waals surface area contributed by atoms with Gasteiger partial charge in [0.1, 0.15) is 24.9 Å². The van der Waals surface area contributed by atoms with E-state index in [9.17, 15) is 15.0 Å². The van der Waals surface area contributed by atoms with E-state index in [0.717, 1.165) is 6.92 Å². The van der Waals surface area contributed by atoms with Crippen LogP contribution >= 0.6 is 0 Å². The first-order valence-electron chi connectivity index (χ1n) is 4.22. The average Bonchev–Trinajstić information content (AvgIpc) is 2.11. The molecule has 0 aliphatic heterocycles. The average molecular weight is 208 g/mol. The van der Waals surface area contributed by atoms with E-state index in [2.05, 4.69) is 4.74 Å². The molecule has 0 heterocycles. The molecule has 14 heavy (non-hydrogen) atoms. The number of rotatable bonds is 5. The van der Waals surface area contributed by atoms with Gasteiger partial charge in [-0.25, -0.2) is 0 Å². The van der Waals surface area contributed by atoms with E-state index in [1.165, 1.54) is 6.92 Å². The molecule has 6 heteroatoms. The second kappa shape index (κ2) is 5.92. The molecule has 84 valence electrons. The number of esters is 1. The van der Waals surface area contributed by atoms with Crippen LogP contribution in [0.2, 0.25) is 0 Å². The fraction of sp³-hybridized carbons (Fsp3) is 0.875. The van der Waals surface area contributed by atoms with Crippen molar-refractivity contribution < 1.29 is 30.0 Å². The van der Waals surface area contributed by atoms with Crippen molar-refractivity contribution in [2.75, 3.05) is 6.61 Å². The Labute approximate surface area is 81.7 Å². The fourth-order valence-electron chi connectivity index (χ4n) is 0.814. The number of ether oxygens (including phenoxy) is 1. The summed E-state index contributed by atoms with van der Waals surface area (Å²) in [6, 6.07) is 0. The monoisotopic (exact) mass is 208 g/mol. The molecule has 0 aromatic heterocycles. The lowest BCUT2D eigenvalue weighted by atomic mass is 10.0. The van der Waals surface area contributed by atoms with E-state index in [0.29, 0.717) is 0 Å². The molecule has 0 fully saturated rings. The Kier molecular flexibility index (Phi) is 5.63. The highest BCUT2D eigenvalue weighted by Gasteiger charge is 2.28. The summed E-state index contributed by atoms with van der Waals surface area (Å²) in [5.41, 5.74) is 0. The topological polar surface area (TPSA) is 107 Å². The van der Waals surface area contributed by atoms with Crippen LogP contribution in [0.15, 0.2) is 0 Å². The molecule has 0 aliphatic carbocycles. The first-order chi connectivity index (χ1) is 6.36. The molecule has 0 aromatic rings. The number of carbonyl (C=O) groups is 1. The molecule has 0 bridgehead atoms. The third kappa shape index (κ3) is 4.52. The van der Waals surface area contributed by atoms with Gasteiger partial charge in [-0.2, -0.15) is 0 Å². The predicted molar refractivity (Wildman–Crippen MR) is 46.3 cm³/mol. The minimum absolute atomic E-state index is 0.416. The number of carbonyl (C=O) groups excluding carboxylic acids is 1. The molecule has 4 atom stereocenters. The number of aliphatic hydroxyl groups is 4. The van der Waals surface area contributed by atoms with E-state index in [4.69, 9.17) is 10.2 Å². The van der Waals surface area contributed by atoms with E-state index in [-0.39, 0.29) is 0 Å². The van der Waals surface area contributed by atoms with Gasteiger partial charge in [-0.05, 0) is 6.92 Å². The molecule has 0 saturated carbocycles. The highest BCUT2D eigenvalue weighted by Crippen LogP contribution is 2.05. The van der Waals surface area contributed by atoms with Crippen LogP contribution in [0.25, 0.3) is 0 Å². The molecule has 0 rings (SSSR count). The summed E-state index contributed by atoms with van der Waals surface area (Å²) < 4.78 is 4.41. The number of aliphatic hydroxyl groups excluding tert-OH is 4. The molecular weight excluding hydrogens is 192 g/mol. The van der Waals surface area contributed by atoms with E-state index >= 15 is 0 Å². The lowest BCUT2D eigenvalue weighted by molar-refractivity contribution is -0.152. The summed E-state index contributed by atoms with van der Waals surface area (Å²) >= 11 is 0. The molecule has 0 amide bonds. The maximum Gasteiger partial charge on any atom is 0.302 e. The van der Waals surface area contributed by atoms with Gasteiger partial charge >= 0.3 is 5.97 Å². The van der Waals surface area contributed by atoms with Gasteiger partial charge in [0.15, 0.2) is 0 Å². The van der Waals surface area contributed by atoms with Gasteiger partial charge in [0.25, 0.3) is 0 Å². The molecular formula is C8H16O6. The largest absolute Gasteiger partial charge is 0.463 e. The van der Waals surface area contributed by atoms with Crippen molar-refractivity contribution in [2.45, 2.75) is 38.3 Å². The Hall–Kier alpha value is -0.690. The summed E-state index contributed by atoms with van der Waals surface area (Å²) in [6.45, 7) is 2.01. The van der Waals surface area contributed by atoms with Crippen molar-refractivity contribution >= 4 is 5.97 Å². The third-order valence-corrected chi connectivity index (χ3v) is 1.70.